The van der Waals surface area contributed by atoms with E-state index in [0.29, 0.717) is 6.04 Å². The zero-order valence-corrected chi connectivity index (χ0v) is 7.97. The number of terminal acetylenes is 1. The lowest BCUT2D eigenvalue weighted by atomic mass is 10.0. The number of nitrogens with one attached hydrogen (secondary N) is 1. The van der Waals surface area contributed by atoms with Crippen LogP contribution in [-0.4, -0.2) is 6.04 Å². The molecule has 0 bridgehead atoms. The Morgan fingerprint density at radius 1 is 1.42 bits per heavy atom. The third kappa shape index (κ3) is 6.21. The van der Waals surface area contributed by atoms with Crippen LogP contribution in [-0.2, 0) is 0 Å². The minimum absolute atomic E-state index is 0.410. The van der Waals surface area contributed by atoms with Gasteiger partial charge in [0.15, 0.2) is 0 Å². The van der Waals surface area contributed by atoms with Crippen molar-refractivity contribution >= 4 is 0 Å². The molecule has 1 unspecified atom stereocenters. The minimum atomic E-state index is 0.410. The summed E-state index contributed by atoms with van der Waals surface area (Å²) in [4.78, 5) is 0. The molecular weight excluding hydrogens is 148 g/mol. The first kappa shape index (κ1) is 11.5. The van der Waals surface area contributed by atoms with Crippen LogP contribution in [0, 0.1) is 12.3 Å². The topological polar surface area (TPSA) is 38.0 Å². The lowest BCUT2D eigenvalue weighted by molar-refractivity contribution is 0.448. The van der Waals surface area contributed by atoms with E-state index in [1.807, 2.05) is 0 Å². The molecule has 0 aromatic carbocycles. The monoisotopic (exact) mass is 168 g/mol. The van der Waals surface area contributed by atoms with E-state index in [1.165, 1.54) is 19.3 Å². The van der Waals surface area contributed by atoms with Crippen LogP contribution in [0.1, 0.15) is 45.4 Å². The van der Waals surface area contributed by atoms with Gasteiger partial charge in [0.2, 0.25) is 0 Å². The predicted octanol–water partition coefficient (Wildman–Crippen LogP) is 1.81. The Balaban J connectivity index is 3.34. The molecule has 0 spiro atoms. The van der Waals surface area contributed by atoms with E-state index in [-0.39, 0.29) is 0 Å². The fraction of sp³-hybridized carbons (Fsp3) is 0.800. The van der Waals surface area contributed by atoms with Gasteiger partial charge in [-0.25, -0.2) is 0 Å². The standard InChI is InChI=1S/C10H20N2/c1-3-5-7-9-10(12-11)8-6-4-2/h2,10,12H,3,5-9,11H2,1H3. The first-order valence-corrected chi connectivity index (χ1v) is 4.74. The molecule has 0 rings (SSSR count). The van der Waals surface area contributed by atoms with Gasteiger partial charge in [0.1, 0.15) is 0 Å². The molecule has 0 heterocycles. The van der Waals surface area contributed by atoms with Gasteiger partial charge in [-0.1, -0.05) is 26.2 Å². The summed E-state index contributed by atoms with van der Waals surface area (Å²) in [7, 11) is 0. The molecular formula is C10H20N2. The van der Waals surface area contributed by atoms with Crippen molar-refractivity contribution in [3.05, 3.63) is 0 Å². The van der Waals surface area contributed by atoms with Gasteiger partial charge < -0.3 is 0 Å². The summed E-state index contributed by atoms with van der Waals surface area (Å²) >= 11 is 0. The molecule has 0 aromatic heterocycles. The maximum Gasteiger partial charge on any atom is 0.0219 e. The Hall–Kier alpha value is -0.520. The third-order valence-electron chi connectivity index (χ3n) is 2.03. The molecule has 0 aromatic rings. The van der Waals surface area contributed by atoms with Crippen molar-refractivity contribution in [1.29, 1.82) is 0 Å². The number of hydrogen-bond donors (Lipinski definition) is 2. The van der Waals surface area contributed by atoms with Crippen LogP contribution in [0.3, 0.4) is 0 Å². The lowest BCUT2D eigenvalue weighted by Crippen LogP contribution is -2.34. The Morgan fingerprint density at radius 2 is 2.17 bits per heavy atom. The zero-order chi connectivity index (χ0) is 9.23. The van der Waals surface area contributed by atoms with Crippen molar-refractivity contribution in [2.75, 3.05) is 0 Å². The summed E-state index contributed by atoms with van der Waals surface area (Å²) in [6, 6.07) is 0.410. The van der Waals surface area contributed by atoms with Gasteiger partial charge in [-0.3, -0.25) is 11.3 Å². The molecule has 0 radical (unpaired) electrons. The summed E-state index contributed by atoms with van der Waals surface area (Å²) in [5.41, 5.74) is 2.80. The number of unbranched alkanes of at least 4 members (excludes halogenated alkanes) is 2. The van der Waals surface area contributed by atoms with Crippen molar-refractivity contribution in [2.24, 2.45) is 5.84 Å². The van der Waals surface area contributed by atoms with Gasteiger partial charge in [-0.15, -0.1) is 12.3 Å². The molecule has 0 aliphatic carbocycles. The van der Waals surface area contributed by atoms with E-state index in [9.17, 15) is 0 Å². The van der Waals surface area contributed by atoms with Crippen molar-refractivity contribution in [1.82, 2.24) is 5.43 Å². The first-order valence-electron chi connectivity index (χ1n) is 4.74. The first-order chi connectivity index (χ1) is 5.85. The number of rotatable bonds is 7. The molecule has 0 amide bonds. The molecule has 70 valence electrons. The summed E-state index contributed by atoms with van der Waals surface area (Å²) in [5, 5.41) is 0. The highest BCUT2D eigenvalue weighted by molar-refractivity contribution is 4.85. The molecule has 0 aliphatic rings. The van der Waals surface area contributed by atoms with Gasteiger partial charge >= 0.3 is 0 Å². The lowest BCUT2D eigenvalue weighted by Gasteiger charge is -2.13. The van der Waals surface area contributed by atoms with Crippen LogP contribution in [0.2, 0.25) is 0 Å². The normalized spacial score (nSPS) is 12.4. The summed E-state index contributed by atoms with van der Waals surface area (Å²) < 4.78 is 0. The average molecular weight is 168 g/mol. The molecule has 2 nitrogen and oxygen atoms in total. The van der Waals surface area contributed by atoms with E-state index in [1.54, 1.807) is 0 Å². The van der Waals surface area contributed by atoms with Gasteiger partial charge in [-0.2, -0.15) is 0 Å². The SMILES string of the molecule is C#CCCC(CCCCC)NN. The average Bonchev–Trinajstić information content (AvgIpc) is 2.11. The fourth-order valence-electron chi connectivity index (χ4n) is 1.21. The molecule has 0 aliphatic heterocycles. The van der Waals surface area contributed by atoms with E-state index in [2.05, 4.69) is 18.3 Å². The Labute approximate surface area is 75.9 Å². The molecule has 1 atom stereocenters. The summed E-state index contributed by atoms with van der Waals surface area (Å²) in [5.74, 6) is 8.00. The Bertz CT molecular complexity index is 126. The second-order valence-electron chi connectivity index (χ2n) is 3.10. The predicted molar refractivity (Wildman–Crippen MR) is 53.3 cm³/mol. The maximum absolute atomic E-state index is 5.38. The highest BCUT2D eigenvalue weighted by Crippen LogP contribution is 2.06. The second kappa shape index (κ2) is 8.58. The van der Waals surface area contributed by atoms with Gasteiger partial charge in [0.25, 0.3) is 0 Å². The van der Waals surface area contributed by atoms with Gasteiger partial charge in [0.05, 0.1) is 0 Å². The largest absolute Gasteiger partial charge is 0.271 e. The molecule has 12 heavy (non-hydrogen) atoms. The van der Waals surface area contributed by atoms with Crippen molar-refractivity contribution < 1.29 is 0 Å². The van der Waals surface area contributed by atoms with Crippen molar-refractivity contribution in [2.45, 2.75) is 51.5 Å². The van der Waals surface area contributed by atoms with Gasteiger partial charge in [0, 0.05) is 12.5 Å². The van der Waals surface area contributed by atoms with Gasteiger partial charge in [-0.05, 0) is 12.8 Å². The Kier molecular flexibility index (Phi) is 8.20. The van der Waals surface area contributed by atoms with Crippen LogP contribution in [0.4, 0.5) is 0 Å². The van der Waals surface area contributed by atoms with E-state index in [4.69, 9.17) is 12.3 Å². The molecule has 2 heteroatoms. The zero-order valence-electron chi connectivity index (χ0n) is 7.97. The van der Waals surface area contributed by atoms with E-state index < -0.39 is 0 Å². The number of hydrazine groups is 1. The van der Waals surface area contributed by atoms with Crippen LogP contribution >= 0.6 is 0 Å². The molecule has 3 N–H and O–H groups in total. The van der Waals surface area contributed by atoms with Crippen molar-refractivity contribution in [3.63, 3.8) is 0 Å². The van der Waals surface area contributed by atoms with Crippen LogP contribution in [0.5, 0.6) is 0 Å². The second-order valence-corrected chi connectivity index (χ2v) is 3.10. The van der Waals surface area contributed by atoms with Crippen LogP contribution in [0.25, 0.3) is 0 Å². The Morgan fingerprint density at radius 3 is 2.67 bits per heavy atom. The minimum Gasteiger partial charge on any atom is -0.271 e. The smallest absolute Gasteiger partial charge is 0.0219 e. The van der Waals surface area contributed by atoms with Crippen LogP contribution < -0.4 is 11.3 Å². The van der Waals surface area contributed by atoms with Crippen LogP contribution in [0.15, 0.2) is 0 Å². The third-order valence-corrected chi connectivity index (χ3v) is 2.03. The molecule has 0 saturated carbocycles. The van der Waals surface area contributed by atoms with E-state index >= 15 is 0 Å². The summed E-state index contributed by atoms with van der Waals surface area (Å²) in [6.45, 7) is 2.20. The highest BCUT2D eigenvalue weighted by Gasteiger charge is 2.03. The van der Waals surface area contributed by atoms with Crippen molar-refractivity contribution in [3.8, 4) is 12.3 Å². The molecule has 0 saturated heterocycles. The number of hydrogen-bond acceptors (Lipinski definition) is 2. The quantitative estimate of drug-likeness (QED) is 0.263. The summed E-state index contributed by atoms with van der Waals surface area (Å²) in [6.07, 6.45) is 11.9. The molecule has 0 fully saturated rings. The fourth-order valence-corrected chi connectivity index (χ4v) is 1.21. The van der Waals surface area contributed by atoms with E-state index in [0.717, 1.165) is 19.3 Å². The highest BCUT2D eigenvalue weighted by atomic mass is 15.2. The number of nitrogens with two attached hydrogens (primary N) is 1. The maximum atomic E-state index is 5.38.